The van der Waals surface area contributed by atoms with E-state index in [1.165, 1.54) is 12.8 Å². The number of nitrogens with zero attached hydrogens (tertiary/aromatic N) is 2. The molecule has 0 aromatic carbocycles. The molecule has 1 amide bonds. The molecule has 3 rings (SSSR count). The third kappa shape index (κ3) is 2.06. The van der Waals surface area contributed by atoms with Crippen molar-refractivity contribution in [2.45, 2.75) is 32.2 Å². The number of nitrogens with one attached hydrogen (secondary N) is 1. The summed E-state index contributed by atoms with van der Waals surface area (Å²) in [5.41, 5.74) is 1.44. The maximum atomic E-state index is 12.3. The van der Waals surface area contributed by atoms with Crippen LogP contribution in [0.5, 0.6) is 0 Å². The van der Waals surface area contributed by atoms with E-state index in [0.29, 0.717) is 17.5 Å². The first-order chi connectivity index (χ1) is 9.10. The van der Waals surface area contributed by atoms with Crippen molar-refractivity contribution in [2.24, 2.45) is 24.8 Å². The van der Waals surface area contributed by atoms with E-state index < -0.39 is 0 Å². The Bertz CT molecular complexity index is 497. The molecule has 2 aliphatic rings. The number of fused-ring (bicyclic) bond motifs is 2. The van der Waals surface area contributed by atoms with E-state index in [1.807, 2.05) is 6.92 Å². The van der Waals surface area contributed by atoms with Crippen molar-refractivity contribution >= 4 is 5.91 Å². The van der Waals surface area contributed by atoms with Crippen molar-refractivity contribution in [3.05, 3.63) is 17.5 Å². The second kappa shape index (κ2) is 4.63. The number of aromatic nitrogens is 2. The number of aliphatic hydroxyl groups excluding tert-OH is 1. The molecule has 4 unspecified atom stereocenters. The van der Waals surface area contributed by atoms with Crippen LogP contribution < -0.4 is 5.32 Å². The summed E-state index contributed by atoms with van der Waals surface area (Å²) >= 11 is 0. The molecule has 2 bridgehead atoms. The van der Waals surface area contributed by atoms with Crippen LogP contribution in [0.1, 0.15) is 35.4 Å². The Morgan fingerprint density at radius 2 is 2.26 bits per heavy atom. The van der Waals surface area contributed by atoms with Gasteiger partial charge in [0.05, 0.1) is 5.69 Å². The van der Waals surface area contributed by atoms with Crippen molar-refractivity contribution in [1.29, 1.82) is 0 Å². The molecular weight excluding hydrogens is 242 g/mol. The Kier molecular flexibility index (Phi) is 3.09. The molecule has 0 radical (unpaired) electrons. The summed E-state index contributed by atoms with van der Waals surface area (Å²) in [5, 5.41) is 16.9. The first-order valence-electron chi connectivity index (χ1n) is 7.02. The van der Waals surface area contributed by atoms with Gasteiger partial charge in [-0.3, -0.25) is 9.48 Å². The second-order valence-corrected chi connectivity index (χ2v) is 5.97. The van der Waals surface area contributed by atoms with Gasteiger partial charge >= 0.3 is 0 Å². The lowest BCUT2D eigenvalue weighted by Crippen LogP contribution is -2.45. The van der Waals surface area contributed by atoms with Crippen LogP contribution in [-0.4, -0.2) is 33.4 Å². The highest BCUT2D eigenvalue weighted by Gasteiger charge is 2.47. The van der Waals surface area contributed by atoms with Gasteiger partial charge in [0, 0.05) is 25.6 Å². The van der Waals surface area contributed by atoms with Crippen LogP contribution >= 0.6 is 0 Å². The zero-order valence-corrected chi connectivity index (χ0v) is 11.5. The fourth-order valence-corrected chi connectivity index (χ4v) is 3.95. The summed E-state index contributed by atoms with van der Waals surface area (Å²) in [5.74, 6) is 1.30. The molecule has 1 aromatic rings. The average Bonchev–Trinajstić information content (AvgIpc) is 3.03. The molecule has 2 saturated carbocycles. The molecule has 0 aliphatic heterocycles. The van der Waals surface area contributed by atoms with Crippen LogP contribution in [0.4, 0.5) is 0 Å². The molecule has 5 nitrogen and oxygen atoms in total. The SMILES string of the molecule is Cc1cc(C(=O)NC2C3CCC(C3)C2CO)n(C)n1. The fourth-order valence-electron chi connectivity index (χ4n) is 3.95. The largest absolute Gasteiger partial charge is 0.396 e. The Balaban J connectivity index is 1.74. The van der Waals surface area contributed by atoms with Crippen molar-refractivity contribution < 1.29 is 9.90 Å². The number of rotatable bonds is 3. The maximum Gasteiger partial charge on any atom is 0.269 e. The van der Waals surface area contributed by atoms with E-state index in [2.05, 4.69) is 10.4 Å². The molecule has 5 heteroatoms. The molecule has 0 spiro atoms. The minimum atomic E-state index is -0.0703. The van der Waals surface area contributed by atoms with Gasteiger partial charge in [0.2, 0.25) is 0 Å². The quantitative estimate of drug-likeness (QED) is 0.850. The van der Waals surface area contributed by atoms with E-state index in [4.69, 9.17) is 0 Å². The standard InChI is InChI=1S/C14H21N3O2/c1-8-5-12(17(2)16-8)14(19)15-13-10-4-3-9(6-10)11(13)7-18/h5,9-11,13,18H,3-4,6-7H2,1-2H3,(H,15,19). The third-order valence-corrected chi connectivity index (χ3v) is 4.83. The number of hydrogen-bond acceptors (Lipinski definition) is 3. The molecule has 2 N–H and O–H groups in total. The number of aliphatic hydroxyl groups is 1. The number of hydrogen-bond donors (Lipinski definition) is 2. The third-order valence-electron chi connectivity index (χ3n) is 4.83. The summed E-state index contributed by atoms with van der Waals surface area (Å²) in [6, 6.07) is 1.93. The van der Waals surface area contributed by atoms with Gasteiger partial charge in [-0.25, -0.2) is 0 Å². The number of aryl methyl sites for hydroxylation is 2. The number of amides is 1. The lowest BCUT2D eigenvalue weighted by Gasteiger charge is -2.30. The monoisotopic (exact) mass is 263 g/mol. The minimum absolute atomic E-state index is 0.0703. The highest BCUT2D eigenvalue weighted by atomic mass is 16.3. The van der Waals surface area contributed by atoms with Crippen LogP contribution in [0.2, 0.25) is 0 Å². The van der Waals surface area contributed by atoms with Gasteiger partial charge in [-0.1, -0.05) is 0 Å². The lowest BCUT2D eigenvalue weighted by molar-refractivity contribution is 0.0852. The Labute approximate surface area is 113 Å². The topological polar surface area (TPSA) is 67.2 Å². The van der Waals surface area contributed by atoms with E-state index in [-0.39, 0.29) is 24.5 Å². The average molecular weight is 263 g/mol. The lowest BCUT2D eigenvalue weighted by atomic mass is 9.85. The fraction of sp³-hybridized carbons (Fsp3) is 0.714. The van der Waals surface area contributed by atoms with Gasteiger partial charge in [0.15, 0.2) is 0 Å². The predicted octanol–water partition coefficient (Wildman–Crippen LogP) is 0.865. The number of carbonyl (C=O) groups is 1. The highest BCUT2D eigenvalue weighted by molar-refractivity contribution is 5.92. The Morgan fingerprint density at radius 1 is 1.53 bits per heavy atom. The zero-order chi connectivity index (χ0) is 13.6. The van der Waals surface area contributed by atoms with E-state index in [1.54, 1.807) is 17.8 Å². The molecule has 0 saturated heterocycles. The van der Waals surface area contributed by atoms with Crippen LogP contribution in [0.25, 0.3) is 0 Å². The molecule has 4 atom stereocenters. The summed E-state index contributed by atoms with van der Waals surface area (Å²) < 4.78 is 1.62. The van der Waals surface area contributed by atoms with Crippen molar-refractivity contribution in [1.82, 2.24) is 15.1 Å². The number of carbonyl (C=O) groups excluding carboxylic acids is 1. The van der Waals surface area contributed by atoms with Crippen molar-refractivity contribution in [3.8, 4) is 0 Å². The van der Waals surface area contributed by atoms with E-state index >= 15 is 0 Å². The summed E-state index contributed by atoms with van der Waals surface area (Å²) in [4.78, 5) is 12.3. The smallest absolute Gasteiger partial charge is 0.269 e. The van der Waals surface area contributed by atoms with Crippen LogP contribution in [0.3, 0.4) is 0 Å². The second-order valence-electron chi connectivity index (χ2n) is 5.97. The Hall–Kier alpha value is -1.36. The van der Waals surface area contributed by atoms with Crippen LogP contribution in [-0.2, 0) is 7.05 Å². The highest BCUT2D eigenvalue weighted by Crippen LogP contribution is 2.48. The Morgan fingerprint density at radius 3 is 2.89 bits per heavy atom. The summed E-state index contributed by atoms with van der Waals surface area (Å²) in [7, 11) is 1.78. The maximum absolute atomic E-state index is 12.3. The van der Waals surface area contributed by atoms with Gasteiger partial charge in [-0.15, -0.1) is 0 Å². The molecule has 104 valence electrons. The van der Waals surface area contributed by atoms with Gasteiger partial charge in [0.1, 0.15) is 5.69 Å². The zero-order valence-electron chi connectivity index (χ0n) is 11.5. The van der Waals surface area contributed by atoms with E-state index in [9.17, 15) is 9.90 Å². The van der Waals surface area contributed by atoms with Crippen molar-refractivity contribution in [2.75, 3.05) is 6.61 Å². The first-order valence-corrected chi connectivity index (χ1v) is 7.02. The van der Waals surface area contributed by atoms with Crippen molar-refractivity contribution in [3.63, 3.8) is 0 Å². The molecule has 2 aliphatic carbocycles. The molecular formula is C14H21N3O2. The molecule has 2 fully saturated rings. The summed E-state index contributed by atoms with van der Waals surface area (Å²) in [6.45, 7) is 2.06. The molecule has 1 heterocycles. The van der Waals surface area contributed by atoms with E-state index in [0.717, 1.165) is 12.1 Å². The van der Waals surface area contributed by atoms with Gasteiger partial charge in [0.25, 0.3) is 5.91 Å². The normalized spacial score (nSPS) is 32.8. The van der Waals surface area contributed by atoms with Gasteiger partial charge in [-0.05, 0) is 44.1 Å². The van der Waals surface area contributed by atoms with Crippen LogP contribution in [0.15, 0.2) is 6.07 Å². The summed E-state index contributed by atoms with van der Waals surface area (Å²) in [6.07, 6.45) is 3.53. The minimum Gasteiger partial charge on any atom is -0.396 e. The molecule has 1 aromatic heterocycles. The first kappa shape index (κ1) is 12.7. The van der Waals surface area contributed by atoms with Gasteiger partial charge in [-0.2, -0.15) is 5.10 Å². The van der Waals surface area contributed by atoms with Gasteiger partial charge < -0.3 is 10.4 Å². The van der Waals surface area contributed by atoms with Crippen LogP contribution in [0, 0.1) is 24.7 Å². The molecule has 19 heavy (non-hydrogen) atoms. The predicted molar refractivity (Wildman–Crippen MR) is 70.6 cm³/mol.